The van der Waals surface area contributed by atoms with E-state index in [1.54, 1.807) is 12.1 Å². The Morgan fingerprint density at radius 1 is 1.10 bits per heavy atom. The van der Waals surface area contributed by atoms with Gasteiger partial charge in [0.15, 0.2) is 6.10 Å². The zero-order valence-electron chi connectivity index (χ0n) is 17.9. The molecule has 30 heavy (non-hydrogen) atoms. The molecule has 0 saturated heterocycles. The van der Waals surface area contributed by atoms with E-state index in [0.717, 1.165) is 29.0 Å². The molecule has 0 bridgehead atoms. The molecule has 1 heterocycles. The predicted octanol–water partition coefficient (Wildman–Crippen LogP) is 3.96. The van der Waals surface area contributed by atoms with Crippen molar-refractivity contribution in [3.63, 3.8) is 0 Å². The summed E-state index contributed by atoms with van der Waals surface area (Å²) < 4.78 is 5.42. The molecule has 8 heteroatoms. The zero-order chi connectivity index (χ0) is 22.0. The third kappa shape index (κ3) is 4.99. The summed E-state index contributed by atoms with van der Waals surface area (Å²) in [6.45, 7) is 5.22. The van der Waals surface area contributed by atoms with Gasteiger partial charge in [0.1, 0.15) is 5.00 Å². The summed E-state index contributed by atoms with van der Waals surface area (Å²) in [6.07, 6.45) is 0.765. The second-order valence-corrected chi connectivity index (χ2v) is 8.95. The normalized spacial score (nSPS) is 14.0. The van der Waals surface area contributed by atoms with Crippen LogP contribution in [0.25, 0.3) is 0 Å². The van der Waals surface area contributed by atoms with E-state index in [9.17, 15) is 14.4 Å². The zero-order valence-corrected chi connectivity index (χ0v) is 18.7. The maximum absolute atomic E-state index is 12.8. The molecule has 1 aromatic heterocycles. The van der Waals surface area contributed by atoms with Crippen molar-refractivity contribution in [3.8, 4) is 0 Å². The van der Waals surface area contributed by atoms with E-state index in [1.165, 1.54) is 18.3 Å². The number of anilines is 3. The fraction of sp³-hybridized carbons (Fsp3) is 0.409. The van der Waals surface area contributed by atoms with Gasteiger partial charge in [-0.25, -0.2) is 4.79 Å². The maximum atomic E-state index is 12.8. The second-order valence-electron chi connectivity index (χ2n) is 7.73. The molecule has 160 valence electrons. The first-order valence-electron chi connectivity index (χ1n) is 9.87. The molecule has 1 fully saturated rings. The molecule has 2 N–H and O–H groups in total. The van der Waals surface area contributed by atoms with Crippen LogP contribution in [0.4, 0.5) is 16.4 Å². The van der Waals surface area contributed by atoms with Gasteiger partial charge < -0.3 is 20.3 Å². The number of thiophene rings is 1. The Morgan fingerprint density at radius 3 is 2.30 bits per heavy atom. The average molecular weight is 430 g/mol. The van der Waals surface area contributed by atoms with Gasteiger partial charge in [0.25, 0.3) is 5.91 Å². The lowest BCUT2D eigenvalue weighted by Gasteiger charge is -2.16. The summed E-state index contributed by atoms with van der Waals surface area (Å²) in [6, 6.07) is 7.36. The number of nitrogens with zero attached hydrogens (tertiary/aromatic N) is 1. The van der Waals surface area contributed by atoms with E-state index in [-0.39, 0.29) is 11.8 Å². The molecular weight excluding hydrogens is 402 g/mol. The van der Waals surface area contributed by atoms with Crippen molar-refractivity contribution >= 4 is 45.5 Å². The van der Waals surface area contributed by atoms with Crippen LogP contribution >= 0.6 is 11.3 Å². The fourth-order valence-corrected chi connectivity index (χ4v) is 3.93. The van der Waals surface area contributed by atoms with Crippen LogP contribution in [-0.2, 0) is 14.3 Å². The third-order valence-electron chi connectivity index (χ3n) is 5.08. The van der Waals surface area contributed by atoms with Crippen molar-refractivity contribution in [2.24, 2.45) is 5.92 Å². The Morgan fingerprint density at radius 2 is 1.73 bits per heavy atom. The second kappa shape index (κ2) is 8.87. The quantitative estimate of drug-likeness (QED) is 0.651. The Balaban J connectivity index is 1.66. The molecule has 1 aliphatic rings. The first-order chi connectivity index (χ1) is 14.2. The SMILES string of the molecule is Cc1sc(NC(=O)C2CC2)c(C(=O)OC(C)C(=O)Nc2ccc(N(C)C)cc2)c1C. The molecule has 1 aliphatic carbocycles. The van der Waals surface area contributed by atoms with Crippen LogP contribution in [0, 0.1) is 19.8 Å². The van der Waals surface area contributed by atoms with Crippen molar-refractivity contribution in [1.82, 2.24) is 0 Å². The molecule has 2 amide bonds. The summed E-state index contributed by atoms with van der Waals surface area (Å²) in [5.74, 6) is -1.08. The van der Waals surface area contributed by atoms with Crippen LogP contribution in [0.3, 0.4) is 0 Å². The molecule has 0 aliphatic heterocycles. The number of hydrogen-bond donors (Lipinski definition) is 2. The largest absolute Gasteiger partial charge is 0.449 e. The Kier molecular flexibility index (Phi) is 6.45. The first-order valence-corrected chi connectivity index (χ1v) is 10.7. The molecule has 2 aromatic rings. The van der Waals surface area contributed by atoms with Gasteiger partial charge in [0, 0.05) is 36.3 Å². The van der Waals surface area contributed by atoms with Gasteiger partial charge in [-0.2, -0.15) is 0 Å². The first kappa shape index (κ1) is 21.8. The van der Waals surface area contributed by atoms with E-state index < -0.39 is 18.0 Å². The van der Waals surface area contributed by atoms with Crippen molar-refractivity contribution in [1.29, 1.82) is 0 Å². The third-order valence-corrected chi connectivity index (χ3v) is 6.20. The molecule has 7 nitrogen and oxygen atoms in total. The highest BCUT2D eigenvalue weighted by molar-refractivity contribution is 7.16. The van der Waals surface area contributed by atoms with Gasteiger partial charge in [0.2, 0.25) is 5.91 Å². The van der Waals surface area contributed by atoms with Gasteiger partial charge in [-0.15, -0.1) is 11.3 Å². The van der Waals surface area contributed by atoms with Crippen LogP contribution in [0.1, 0.15) is 40.6 Å². The van der Waals surface area contributed by atoms with E-state index in [2.05, 4.69) is 10.6 Å². The van der Waals surface area contributed by atoms with Crippen LogP contribution in [0.2, 0.25) is 0 Å². The standard InChI is InChI=1S/C22H27N3O4S/c1-12-14(3)30-21(24-20(27)15-6-7-15)18(12)22(28)29-13(2)19(26)23-16-8-10-17(11-9-16)25(4)5/h8-11,13,15H,6-7H2,1-5H3,(H,23,26)(H,24,27). The molecular formula is C22H27N3O4S. The molecule has 1 atom stereocenters. The Hall–Kier alpha value is -2.87. The van der Waals surface area contributed by atoms with E-state index in [0.29, 0.717) is 16.3 Å². The minimum Gasteiger partial charge on any atom is -0.449 e. The molecule has 1 aromatic carbocycles. The maximum Gasteiger partial charge on any atom is 0.342 e. The van der Waals surface area contributed by atoms with Crippen LogP contribution in [-0.4, -0.2) is 38.0 Å². The molecule has 1 saturated carbocycles. The topological polar surface area (TPSA) is 87.7 Å². The lowest BCUT2D eigenvalue weighted by molar-refractivity contribution is -0.123. The highest BCUT2D eigenvalue weighted by Crippen LogP contribution is 2.36. The summed E-state index contributed by atoms with van der Waals surface area (Å²) in [5.41, 5.74) is 2.70. The highest BCUT2D eigenvalue weighted by Gasteiger charge is 2.32. The van der Waals surface area contributed by atoms with Crippen molar-refractivity contribution in [3.05, 3.63) is 40.3 Å². The lowest BCUT2D eigenvalue weighted by atomic mass is 10.1. The number of rotatable bonds is 7. The number of aryl methyl sites for hydroxylation is 1. The minimum atomic E-state index is -0.988. The predicted molar refractivity (Wildman–Crippen MR) is 119 cm³/mol. The van der Waals surface area contributed by atoms with Crippen LogP contribution < -0.4 is 15.5 Å². The molecule has 3 rings (SSSR count). The number of carbonyl (C=O) groups excluding carboxylic acids is 3. The number of amides is 2. The van der Waals surface area contributed by atoms with Gasteiger partial charge in [-0.05, 0) is 63.4 Å². The Labute approximate surface area is 180 Å². The number of benzene rings is 1. The number of hydrogen-bond acceptors (Lipinski definition) is 6. The molecule has 0 radical (unpaired) electrons. The van der Waals surface area contributed by atoms with Gasteiger partial charge >= 0.3 is 5.97 Å². The smallest absolute Gasteiger partial charge is 0.342 e. The summed E-state index contributed by atoms with van der Waals surface area (Å²) in [4.78, 5) is 40.3. The van der Waals surface area contributed by atoms with Gasteiger partial charge in [-0.1, -0.05) is 0 Å². The summed E-state index contributed by atoms with van der Waals surface area (Å²) >= 11 is 1.35. The minimum absolute atomic E-state index is 0.0279. The van der Waals surface area contributed by atoms with E-state index in [1.807, 2.05) is 45.0 Å². The molecule has 1 unspecified atom stereocenters. The molecule has 0 spiro atoms. The van der Waals surface area contributed by atoms with E-state index in [4.69, 9.17) is 4.74 Å². The lowest BCUT2D eigenvalue weighted by Crippen LogP contribution is -2.30. The van der Waals surface area contributed by atoms with Crippen molar-refractivity contribution in [2.45, 2.75) is 39.7 Å². The van der Waals surface area contributed by atoms with E-state index >= 15 is 0 Å². The number of nitrogens with one attached hydrogen (secondary N) is 2. The summed E-state index contributed by atoms with van der Waals surface area (Å²) in [5, 5.41) is 6.08. The van der Waals surface area contributed by atoms with Crippen LogP contribution in [0.15, 0.2) is 24.3 Å². The van der Waals surface area contributed by atoms with Gasteiger partial charge in [0.05, 0.1) is 5.56 Å². The average Bonchev–Trinajstić information content (AvgIpc) is 3.49. The van der Waals surface area contributed by atoms with Crippen LogP contribution in [0.5, 0.6) is 0 Å². The Bertz CT molecular complexity index is 962. The number of ether oxygens (including phenoxy) is 1. The van der Waals surface area contributed by atoms with Crippen molar-refractivity contribution in [2.75, 3.05) is 29.6 Å². The fourth-order valence-electron chi connectivity index (χ4n) is 2.88. The van der Waals surface area contributed by atoms with Crippen molar-refractivity contribution < 1.29 is 19.1 Å². The number of esters is 1. The van der Waals surface area contributed by atoms with Gasteiger partial charge in [-0.3, -0.25) is 9.59 Å². The number of carbonyl (C=O) groups is 3. The highest BCUT2D eigenvalue weighted by atomic mass is 32.1. The summed E-state index contributed by atoms with van der Waals surface area (Å²) in [7, 11) is 3.87. The monoisotopic (exact) mass is 429 g/mol.